The Balaban J connectivity index is 2.64. The summed E-state index contributed by atoms with van der Waals surface area (Å²) in [6.45, 7) is 1.56. The van der Waals surface area contributed by atoms with E-state index in [0.29, 0.717) is 19.3 Å². The van der Waals surface area contributed by atoms with Gasteiger partial charge in [-0.15, -0.1) is 0 Å². The number of nitrogens with zero attached hydrogens (tertiary/aromatic N) is 2. The Hall–Kier alpha value is -1.05. The van der Waals surface area contributed by atoms with Gasteiger partial charge in [0.1, 0.15) is 11.5 Å². The van der Waals surface area contributed by atoms with Crippen molar-refractivity contribution in [2.45, 2.75) is 56.3 Å². The van der Waals surface area contributed by atoms with E-state index >= 15 is 0 Å². The van der Waals surface area contributed by atoms with Crippen LogP contribution in [0.2, 0.25) is 0 Å². The van der Waals surface area contributed by atoms with Gasteiger partial charge in [-0.25, -0.2) is 9.97 Å². The van der Waals surface area contributed by atoms with Crippen LogP contribution in [-0.2, 0) is 25.2 Å². The van der Waals surface area contributed by atoms with E-state index in [1.165, 1.54) is 0 Å². The molecule has 1 aromatic rings. The molecule has 2 rings (SSSR count). The molecule has 0 saturated heterocycles. The van der Waals surface area contributed by atoms with E-state index in [1.54, 1.807) is 6.92 Å². The minimum absolute atomic E-state index is 0.0498. The van der Waals surface area contributed by atoms with Crippen molar-refractivity contribution in [3.05, 3.63) is 22.8 Å². The number of rotatable bonds is 4. The van der Waals surface area contributed by atoms with Gasteiger partial charge >= 0.3 is 17.2 Å². The third kappa shape index (κ3) is 2.66. The molecule has 0 unspecified atom stereocenters. The monoisotopic (exact) mass is 346 g/mol. The molecule has 0 amide bonds. The van der Waals surface area contributed by atoms with E-state index in [-0.39, 0.29) is 29.9 Å². The smallest absolute Gasteiger partial charge is 0.238 e. The van der Waals surface area contributed by atoms with Crippen molar-refractivity contribution in [3.63, 3.8) is 0 Å². The van der Waals surface area contributed by atoms with Crippen molar-refractivity contribution in [1.82, 2.24) is 9.97 Å². The molecule has 124 valence electrons. The largest absolute Gasteiger partial charge is 0.392 e. The molecule has 0 bridgehead atoms. The lowest BCUT2D eigenvalue weighted by Crippen LogP contribution is -2.50. The molecule has 22 heavy (non-hydrogen) atoms. The molecule has 0 atom stereocenters. The molecule has 0 saturated carbocycles. The van der Waals surface area contributed by atoms with Crippen molar-refractivity contribution in [3.8, 4) is 0 Å². The van der Waals surface area contributed by atoms with E-state index in [0.717, 1.165) is 0 Å². The second-order valence-corrected chi connectivity index (χ2v) is 5.60. The highest BCUT2D eigenvalue weighted by Crippen LogP contribution is 2.53. The van der Waals surface area contributed by atoms with Crippen LogP contribution < -0.4 is 0 Å². The first-order valence-corrected chi connectivity index (χ1v) is 7.11. The van der Waals surface area contributed by atoms with Gasteiger partial charge in [0.2, 0.25) is 0 Å². The zero-order valence-electron chi connectivity index (χ0n) is 11.6. The van der Waals surface area contributed by atoms with Crippen LogP contribution in [0.4, 0.5) is 26.3 Å². The molecule has 0 aromatic carbocycles. The number of halogens is 7. The molecule has 0 radical (unpaired) electrons. The highest BCUT2D eigenvalue weighted by Gasteiger charge is 2.73. The van der Waals surface area contributed by atoms with Gasteiger partial charge in [0, 0.05) is 17.7 Å². The summed E-state index contributed by atoms with van der Waals surface area (Å²) in [5.41, 5.74) is -1.28. The zero-order valence-corrected chi connectivity index (χ0v) is 12.3. The lowest BCUT2D eigenvalue weighted by molar-refractivity contribution is -0.287. The quantitative estimate of drug-likeness (QED) is 0.593. The van der Waals surface area contributed by atoms with Gasteiger partial charge in [0.15, 0.2) is 0 Å². The lowest BCUT2D eigenvalue weighted by atomic mass is 9.91. The van der Waals surface area contributed by atoms with Gasteiger partial charge in [-0.3, -0.25) is 0 Å². The maximum Gasteiger partial charge on any atom is 0.392 e. The molecular formula is C13H13ClF6N2. The number of fused-ring (bicyclic) bond motifs is 1. The molecular weight excluding hydrogens is 334 g/mol. The van der Waals surface area contributed by atoms with E-state index < -0.39 is 22.9 Å². The summed E-state index contributed by atoms with van der Waals surface area (Å²) in [6.07, 6.45) is 1.65. The van der Waals surface area contributed by atoms with Crippen molar-refractivity contribution in [1.29, 1.82) is 0 Å². The van der Waals surface area contributed by atoms with Crippen LogP contribution in [0, 0.1) is 0 Å². The Morgan fingerprint density at radius 1 is 1.00 bits per heavy atom. The van der Waals surface area contributed by atoms with E-state index in [4.69, 9.17) is 0 Å². The number of hydrogen-bond donors (Lipinski definition) is 0. The molecule has 0 spiro atoms. The summed E-state index contributed by atoms with van der Waals surface area (Å²) in [5.74, 6) is -11.0. The van der Waals surface area contributed by atoms with Gasteiger partial charge in [0.05, 0.1) is 0 Å². The first-order chi connectivity index (χ1) is 10.0. The second kappa shape index (κ2) is 5.54. The van der Waals surface area contributed by atoms with Gasteiger partial charge < -0.3 is 0 Å². The Morgan fingerprint density at radius 2 is 1.59 bits per heavy atom. The molecule has 9 heteroatoms. The van der Waals surface area contributed by atoms with Crippen LogP contribution >= 0.6 is 11.6 Å². The van der Waals surface area contributed by atoms with Crippen LogP contribution in [-0.4, -0.2) is 21.3 Å². The van der Waals surface area contributed by atoms with E-state index in [1.807, 2.05) is 0 Å². The summed E-state index contributed by atoms with van der Waals surface area (Å²) in [7, 11) is 0. The molecule has 1 heterocycles. The van der Waals surface area contributed by atoms with Crippen LogP contribution in [0.25, 0.3) is 0 Å². The van der Waals surface area contributed by atoms with Crippen molar-refractivity contribution < 1.29 is 26.3 Å². The van der Waals surface area contributed by atoms with Crippen molar-refractivity contribution in [2.24, 2.45) is 0 Å². The number of aryl methyl sites for hydroxylation is 2. The van der Waals surface area contributed by atoms with E-state index in [9.17, 15) is 26.3 Å². The molecule has 1 aliphatic carbocycles. The first kappa shape index (κ1) is 17.3. The third-order valence-corrected chi connectivity index (χ3v) is 3.83. The predicted molar refractivity (Wildman–Crippen MR) is 67.7 cm³/mol. The summed E-state index contributed by atoms with van der Waals surface area (Å²) >= 11 is 4.21. The zero-order chi connectivity index (χ0) is 16.8. The van der Waals surface area contributed by atoms with Crippen molar-refractivity contribution in [2.75, 3.05) is 0 Å². The summed E-state index contributed by atoms with van der Waals surface area (Å²) in [5, 5.41) is -5.39. The van der Waals surface area contributed by atoms with Crippen LogP contribution in [0.5, 0.6) is 0 Å². The lowest BCUT2D eigenvalue weighted by Gasteiger charge is -2.31. The van der Waals surface area contributed by atoms with Crippen LogP contribution in [0.15, 0.2) is 0 Å². The Bertz CT molecular complexity index is 570. The highest BCUT2D eigenvalue weighted by molar-refractivity contribution is 6.22. The van der Waals surface area contributed by atoms with Gasteiger partial charge in [0.25, 0.3) is 0 Å². The second-order valence-electron chi connectivity index (χ2n) is 5.12. The average Bonchev–Trinajstić information content (AvgIpc) is 2.44. The van der Waals surface area contributed by atoms with Gasteiger partial charge in [-0.05, 0) is 37.3 Å². The molecule has 0 aliphatic heterocycles. The summed E-state index contributed by atoms with van der Waals surface area (Å²) < 4.78 is 80.8. The van der Waals surface area contributed by atoms with Crippen molar-refractivity contribution >= 4 is 11.6 Å². The number of hydrogen-bond acceptors (Lipinski definition) is 2. The Kier molecular flexibility index (Phi) is 4.36. The summed E-state index contributed by atoms with van der Waals surface area (Å²) in [4.78, 5) is 7.46. The highest BCUT2D eigenvalue weighted by atomic mass is 35.5. The fourth-order valence-corrected chi connectivity index (χ4v) is 2.51. The molecule has 0 fully saturated rings. The number of alkyl halides is 7. The van der Waals surface area contributed by atoms with Crippen LogP contribution in [0.3, 0.4) is 0 Å². The van der Waals surface area contributed by atoms with Gasteiger partial charge in [-0.1, -0.05) is 6.92 Å². The fourth-order valence-electron chi connectivity index (χ4n) is 2.39. The third-order valence-electron chi connectivity index (χ3n) is 3.59. The molecule has 2 nitrogen and oxygen atoms in total. The topological polar surface area (TPSA) is 25.8 Å². The van der Waals surface area contributed by atoms with E-state index in [2.05, 4.69) is 21.6 Å². The standard InChI is InChI=1S/C13H13ClF6N2/c1-2-9-21-8-6-4-3-5-7(8)10(22-9)11(15,16)12(17,18)13(14,19)20/h2-6H2,1H3. The maximum atomic E-state index is 14.1. The summed E-state index contributed by atoms with van der Waals surface area (Å²) in [6, 6.07) is 0. The normalized spacial score (nSPS) is 16.5. The Labute approximate surface area is 127 Å². The SMILES string of the molecule is CCc1nc2c(c(C(F)(F)C(F)(F)C(F)(F)Cl)n1)CCCC2. The first-order valence-electron chi connectivity index (χ1n) is 6.74. The minimum Gasteiger partial charge on any atom is -0.238 e. The number of aromatic nitrogens is 2. The molecule has 1 aromatic heterocycles. The molecule has 1 aliphatic rings. The van der Waals surface area contributed by atoms with Crippen LogP contribution in [0.1, 0.15) is 42.5 Å². The predicted octanol–water partition coefficient (Wildman–Crippen LogP) is 4.48. The fraction of sp³-hybridized carbons (Fsp3) is 0.692. The molecule has 0 N–H and O–H groups in total. The average molecular weight is 347 g/mol. The Morgan fingerprint density at radius 3 is 2.14 bits per heavy atom. The van der Waals surface area contributed by atoms with Gasteiger partial charge in [-0.2, -0.15) is 26.3 Å². The minimum atomic E-state index is -5.76. The maximum absolute atomic E-state index is 14.1.